The summed E-state index contributed by atoms with van der Waals surface area (Å²) in [5, 5.41) is 17.1. The molecule has 0 saturated heterocycles. The number of anilines is 1. The van der Waals surface area contributed by atoms with Gasteiger partial charge in [0.15, 0.2) is 5.78 Å². The zero-order valence-electron chi connectivity index (χ0n) is 11.4. The molecule has 0 atom stereocenters. The molecule has 8 nitrogen and oxygen atoms in total. The third-order valence-corrected chi connectivity index (χ3v) is 2.89. The van der Waals surface area contributed by atoms with Crippen molar-refractivity contribution in [2.24, 2.45) is 7.05 Å². The Bertz CT molecular complexity index is 736. The van der Waals surface area contributed by atoms with Crippen molar-refractivity contribution < 1.29 is 14.5 Å². The molecule has 2 rings (SSSR count). The molecule has 1 heterocycles. The van der Waals surface area contributed by atoms with E-state index in [1.165, 1.54) is 14.0 Å². The Balaban J connectivity index is 2.38. The van der Waals surface area contributed by atoms with Gasteiger partial charge in [-0.3, -0.25) is 24.4 Å². The van der Waals surface area contributed by atoms with Crippen LogP contribution in [0.1, 0.15) is 27.8 Å². The molecule has 0 radical (unpaired) electrons. The van der Waals surface area contributed by atoms with Gasteiger partial charge in [0.2, 0.25) is 5.69 Å². The summed E-state index contributed by atoms with van der Waals surface area (Å²) in [5.41, 5.74) is 0.0508. The second-order valence-corrected chi connectivity index (χ2v) is 4.32. The van der Waals surface area contributed by atoms with Crippen LogP contribution in [0.2, 0.25) is 0 Å². The molecule has 0 aliphatic rings. The number of ketones is 1. The van der Waals surface area contributed by atoms with Gasteiger partial charge in [0, 0.05) is 12.6 Å². The van der Waals surface area contributed by atoms with Crippen LogP contribution in [0.3, 0.4) is 0 Å². The number of nitrogens with zero attached hydrogens (tertiary/aromatic N) is 3. The molecule has 108 valence electrons. The van der Waals surface area contributed by atoms with E-state index >= 15 is 0 Å². The molecule has 0 aliphatic carbocycles. The molecule has 8 heteroatoms. The van der Waals surface area contributed by atoms with Crippen LogP contribution < -0.4 is 5.32 Å². The number of carbonyl (C=O) groups is 2. The van der Waals surface area contributed by atoms with Crippen molar-refractivity contribution >= 4 is 23.1 Å². The maximum Gasteiger partial charge on any atom is 0.320 e. The number of amides is 1. The van der Waals surface area contributed by atoms with Crippen molar-refractivity contribution in [3.8, 4) is 0 Å². The number of hydrogen-bond acceptors (Lipinski definition) is 5. The Morgan fingerprint density at radius 1 is 1.33 bits per heavy atom. The van der Waals surface area contributed by atoms with Crippen LogP contribution in [0.25, 0.3) is 0 Å². The Labute approximate surface area is 119 Å². The molecule has 0 saturated carbocycles. The second kappa shape index (κ2) is 5.53. The van der Waals surface area contributed by atoms with Gasteiger partial charge in [-0.25, -0.2) is 0 Å². The average Bonchev–Trinajstić information content (AvgIpc) is 2.81. The van der Waals surface area contributed by atoms with Crippen LogP contribution in [0, 0.1) is 10.1 Å². The van der Waals surface area contributed by atoms with Crippen molar-refractivity contribution in [2.75, 3.05) is 5.32 Å². The Hall–Kier alpha value is -3.03. The normalized spacial score (nSPS) is 10.2. The van der Waals surface area contributed by atoms with E-state index in [2.05, 4.69) is 10.4 Å². The van der Waals surface area contributed by atoms with Gasteiger partial charge in [-0.2, -0.15) is 5.10 Å². The van der Waals surface area contributed by atoms with E-state index in [1.807, 2.05) is 0 Å². The smallest absolute Gasteiger partial charge is 0.320 e. The summed E-state index contributed by atoms with van der Waals surface area (Å²) in [4.78, 5) is 33.9. The lowest BCUT2D eigenvalue weighted by Crippen LogP contribution is -2.19. The fraction of sp³-hybridized carbons (Fsp3) is 0.154. The van der Waals surface area contributed by atoms with E-state index in [4.69, 9.17) is 0 Å². The molecule has 21 heavy (non-hydrogen) atoms. The first-order valence-corrected chi connectivity index (χ1v) is 5.99. The summed E-state index contributed by atoms with van der Waals surface area (Å²) in [6, 6.07) is 6.44. The van der Waals surface area contributed by atoms with Gasteiger partial charge >= 0.3 is 5.69 Å². The minimum absolute atomic E-state index is 0.182. The molecular weight excluding hydrogens is 276 g/mol. The lowest BCUT2D eigenvalue weighted by atomic mass is 10.1. The largest absolute Gasteiger partial charge is 0.320 e. The molecular formula is C13H12N4O4. The predicted octanol–water partition coefficient (Wildman–Crippen LogP) is 1.78. The van der Waals surface area contributed by atoms with Crippen LogP contribution >= 0.6 is 0 Å². The Kier molecular flexibility index (Phi) is 3.79. The lowest BCUT2D eigenvalue weighted by molar-refractivity contribution is -0.385. The monoisotopic (exact) mass is 288 g/mol. The number of rotatable bonds is 4. The Morgan fingerprint density at radius 3 is 2.62 bits per heavy atom. The fourth-order valence-corrected chi connectivity index (χ4v) is 1.90. The third kappa shape index (κ3) is 2.78. The quantitative estimate of drug-likeness (QED) is 0.524. The van der Waals surface area contributed by atoms with E-state index in [1.54, 1.807) is 24.3 Å². The van der Waals surface area contributed by atoms with Crippen LogP contribution in [-0.2, 0) is 7.05 Å². The van der Waals surface area contributed by atoms with Gasteiger partial charge in [0.25, 0.3) is 5.91 Å². The van der Waals surface area contributed by atoms with Gasteiger partial charge in [-0.05, 0) is 19.1 Å². The summed E-state index contributed by atoms with van der Waals surface area (Å²) in [5.74, 6) is -0.916. The van der Waals surface area contributed by atoms with E-state index in [-0.39, 0.29) is 11.5 Å². The average molecular weight is 288 g/mol. The molecule has 1 aromatic heterocycles. The van der Waals surface area contributed by atoms with Crippen molar-refractivity contribution in [2.45, 2.75) is 6.92 Å². The number of hydrogen-bond donors (Lipinski definition) is 1. The highest BCUT2D eigenvalue weighted by molar-refractivity contribution is 6.09. The number of Topliss-reactive ketones (excluding diaryl/α,β-unsaturated/α-hetero) is 1. The van der Waals surface area contributed by atoms with E-state index in [0.29, 0.717) is 11.3 Å². The summed E-state index contributed by atoms with van der Waals surface area (Å²) in [6.45, 7) is 1.37. The molecule has 0 bridgehead atoms. The predicted molar refractivity (Wildman–Crippen MR) is 74.3 cm³/mol. The van der Waals surface area contributed by atoms with Crippen molar-refractivity contribution in [3.05, 3.63) is 51.8 Å². The molecule has 1 amide bonds. The van der Waals surface area contributed by atoms with Crippen LogP contribution in [-0.4, -0.2) is 26.4 Å². The van der Waals surface area contributed by atoms with Gasteiger partial charge in [-0.15, -0.1) is 0 Å². The number of aryl methyl sites for hydroxylation is 1. The number of benzene rings is 1. The van der Waals surface area contributed by atoms with E-state index in [9.17, 15) is 19.7 Å². The second-order valence-electron chi connectivity index (χ2n) is 4.32. The lowest BCUT2D eigenvalue weighted by Gasteiger charge is -2.08. The minimum Gasteiger partial charge on any atom is -0.320 e. The highest BCUT2D eigenvalue weighted by atomic mass is 16.6. The zero-order valence-corrected chi connectivity index (χ0v) is 11.4. The van der Waals surface area contributed by atoms with Crippen LogP contribution in [0.4, 0.5) is 11.4 Å². The third-order valence-electron chi connectivity index (χ3n) is 2.89. The summed E-state index contributed by atoms with van der Waals surface area (Å²) in [7, 11) is 1.43. The molecule has 0 fully saturated rings. The van der Waals surface area contributed by atoms with E-state index in [0.717, 1.165) is 10.9 Å². The van der Waals surface area contributed by atoms with Gasteiger partial charge in [-0.1, -0.05) is 12.1 Å². The molecule has 0 spiro atoms. The number of para-hydroxylation sites is 1. The summed E-state index contributed by atoms with van der Waals surface area (Å²) >= 11 is 0. The minimum atomic E-state index is -0.699. The maximum atomic E-state index is 12.2. The highest BCUT2D eigenvalue weighted by Crippen LogP contribution is 2.21. The first-order chi connectivity index (χ1) is 9.91. The number of aromatic nitrogens is 2. The van der Waals surface area contributed by atoms with Gasteiger partial charge < -0.3 is 5.32 Å². The Morgan fingerprint density at radius 2 is 2.00 bits per heavy atom. The number of nitrogens with one attached hydrogen (secondary N) is 1. The number of carbonyl (C=O) groups excluding carboxylic acids is 2. The molecule has 2 aromatic rings. The maximum absolute atomic E-state index is 12.2. The molecule has 0 aliphatic heterocycles. The summed E-state index contributed by atoms with van der Waals surface area (Å²) in [6.07, 6.45) is 1.01. The van der Waals surface area contributed by atoms with Crippen LogP contribution in [0.15, 0.2) is 30.5 Å². The fourth-order valence-electron chi connectivity index (χ4n) is 1.90. The first-order valence-electron chi connectivity index (χ1n) is 5.99. The zero-order chi connectivity index (χ0) is 15.6. The van der Waals surface area contributed by atoms with Gasteiger partial charge in [0.1, 0.15) is 6.20 Å². The van der Waals surface area contributed by atoms with Crippen LogP contribution in [0.5, 0.6) is 0 Å². The van der Waals surface area contributed by atoms with Crippen molar-refractivity contribution in [1.29, 1.82) is 0 Å². The highest BCUT2D eigenvalue weighted by Gasteiger charge is 2.26. The molecule has 1 N–H and O–H groups in total. The SMILES string of the molecule is CC(=O)c1ccccc1NC(=O)c1c([N+](=O)[O-])cnn1C. The molecule has 0 unspecified atom stereocenters. The first kappa shape index (κ1) is 14.4. The standard InChI is InChI=1S/C13H12N4O4/c1-8(18)9-5-3-4-6-10(9)15-13(19)12-11(17(20)21)7-14-16(12)2/h3-7H,1-2H3,(H,15,19). The van der Waals surface area contributed by atoms with Crippen molar-refractivity contribution in [1.82, 2.24) is 9.78 Å². The summed E-state index contributed by atoms with van der Waals surface area (Å²) < 4.78 is 1.11. The molecule has 1 aromatic carbocycles. The number of nitro groups is 1. The topological polar surface area (TPSA) is 107 Å². The van der Waals surface area contributed by atoms with Gasteiger partial charge in [0.05, 0.1) is 10.6 Å². The van der Waals surface area contributed by atoms with E-state index < -0.39 is 16.5 Å². The van der Waals surface area contributed by atoms with Crippen molar-refractivity contribution in [3.63, 3.8) is 0 Å².